The molecule has 0 saturated carbocycles. The van der Waals surface area contributed by atoms with Crippen LogP contribution < -0.4 is 10.1 Å². The molecule has 2 aromatic carbocycles. The minimum absolute atomic E-state index is 0.107. The van der Waals surface area contributed by atoms with Crippen molar-refractivity contribution >= 4 is 22.9 Å². The molecular weight excluding hydrogens is 382 g/mol. The second-order valence-corrected chi connectivity index (χ2v) is 7.59. The minimum Gasteiger partial charge on any atom is -0.496 e. The highest BCUT2D eigenvalue weighted by Crippen LogP contribution is 2.22. The molecule has 0 aliphatic heterocycles. The van der Waals surface area contributed by atoms with Gasteiger partial charge < -0.3 is 10.1 Å². The molecule has 0 saturated heterocycles. The molecular formula is C23H23N3O2S. The molecule has 6 heteroatoms. The van der Waals surface area contributed by atoms with E-state index in [1.807, 2.05) is 30.3 Å². The third kappa shape index (κ3) is 5.92. The number of rotatable bonds is 9. The first-order valence-electron chi connectivity index (χ1n) is 9.35. The van der Waals surface area contributed by atoms with Crippen LogP contribution in [0.4, 0.5) is 5.69 Å². The monoisotopic (exact) mass is 405 g/mol. The van der Waals surface area contributed by atoms with E-state index in [1.54, 1.807) is 42.7 Å². The Balaban J connectivity index is 1.66. The molecule has 148 valence electrons. The van der Waals surface area contributed by atoms with Gasteiger partial charge >= 0.3 is 0 Å². The molecule has 0 aliphatic carbocycles. The summed E-state index contributed by atoms with van der Waals surface area (Å²) in [6.07, 6.45) is 0.334. The number of amides is 1. The first-order chi connectivity index (χ1) is 14.2. The zero-order valence-electron chi connectivity index (χ0n) is 16.3. The number of nitrogens with zero attached hydrogens (tertiary/aromatic N) is 2. The van der Waals surface area contributed by atoms with Crippen molar-refractivity contribution in [1.82, 2.24) is 4.90 Å². The predicted octanol–water partition coefficient (Wildman–Crippen LogP) is 4.66. The van der Waals surface area contributed by atoms with Crippen molar-refractivity contribution in [3.8, 4) is 11.8 Å². The standard InChI is InChI=1S/C23H23N3O2S/c1-28-22-11-5-3-8-19(22)16-26(17-20-9-6-14-29-20)13-12-23(27)25-21-10-4-2-7-18(21)15-24/h2-11,14H,12-13,16-17H2,1H3,(H,25,27). The number of anilines is 1. The average Bonchev–Trinajstić information content (AvgIpc) is 3.26. The van der Waals surface area contributed by atoms with Crippen molar-refractivity contribution in [2.75, 3.05) is 19.0 Å². The second-order valence-electron chi connectivity index (χ2n) is 6.56. The van der Waals surface area contributed by atoms with E-state index in [0.717, 1.165) is 17.9 Å². The van der Waals surface area contributed by atoms with Crippen LogP contribution in [0.25, 0.3) is 0 Å². The molecule has 0 unspecified atom stereocenters. The number of methoxy groups -OCH3 is 1. The lowest BCUT2D eigenvalue weighted by Crippen LogP contribution is -2.27. The number of hydrogen-bond acceptors (Lipinski definition) is 5. The summed E-state index contributed by atoms with van der Waals surface area (Å²) in [5.74, 6) is 0.736. The molecule has 1 aromatic heterocycles. The predicted molar refractivity (Wildman–Crippen MR) is 116 cm³/mol. The van der Waals surface area contributed by atoms with E-state index >= 15 is 0 Å². The first-order valence-corrected chi connectivity index (χ1v) is 10.2. The van der Waals surface area contributed by atoms with E-state index in [-0.39, 0.29) is 5.91 Å². The Kier molecular flexibility index (Phi) is 7.40. The molecule has 1 amide bonds. The summed E-state index contributed by atoms with van der Waals surface area (Å²) in [6, 6.07) is 21.2. The highest BCUT2D eigenvalue weighted by atomic mass is 32.1. The van der Waals surface area contributed by atoms with Crippen LogP contribution in [0.3, 0.4) is 0 Å². The van der Waals surface area contributed by atoms with Gasteiger partial charge in [-0.05, 0) is 29.6 Å². The van der Waals surface area contributed by atoms with Crippen molar-refractivity contribution in [3.05, 3.63) is 82.0 Å². The van der Waals surface area contributed by atoms with Gasteiger partial charge in [0.2, 0.25) is 5.91 Å². The summed E-state index contributed by atoms with van der Waals surface area (Å²) in [5, 5.41) is 14.1. The zero-order valence-corrected chi connectivity index (χ0v) is 17.1. The number of ether oxygens (including phenoxy) is 1. The molecule has 1 heterocycles. The summed E-state index contributed by atoms with van der Waals surface area (Å²) in [5.41, 5.74) is 2.10. The highest BCUT2D eigenvalue weighted by Gasteiger charge is 2.14. The Bertz CT molecular complexity index is 980. The zero-order chi connectivity index (χ0) is 20.5. The smallest absolute Gasteiger partial charge is 0.225 e. The normalized spacial score (nSPS) is 10.5. The largest absolute Gasteiger partial charge is 0.496 e. The summed E-state index contributed by atoms with van der Waals surface area (Å²) < 4.78 is 5.48. The highest BCUT2D eigenvalue weighted by molar-refractivity contribution is 7.09. The molecule has 0 bridgehead atoms. The van der Waals surface area contributed by atoms with E-state index < -0.39 is 0 Å². The fraction of sp³-hybridized carbons (Fsp3) is 0.217. The van der Waals surface area contributed by atoms with Gasteiger partial charge in [0, 0.05) is 36.5 Å². The van der Waals surface area contributed by atoms with Crippen LogP contribution in [0.5, 0.6) is 5.75 Å². The lowest BCUT2D eigenvalue weighted by Gasteiger charge is -2.22. The second kappa shape index (κ2) is 10.4. The lowest BCUT2D eigenvalue weighted by atomic mass is 10.1. The van der Waals surface area contributed by atoms with Crippen molar-refractivity contribution in [2.45, 2.75) is 19.5 Å². The molecule has 0 atom stereocenters. The third-order valence-corrected chi connectivity index (χ3v) is 5.38. The van der Waals surface area contributed by atoms with Crippen LogP contribution in [-0.4, -0.2) is 24.5 Å². The molecule has 0 aliphatic rings. The van der Waals surface area contributed by atoms with Gasteiger partial charge in [-0.15, -0.1) is 11.3 Å². The van der Waals surface area contributed by atoms with E-state index in [0.29, 0.717) is 30.8 Å². The Morgan fingerprint density at radius 2 is 1.90 bits per heavy atom. The van der Waals surface area contributed by atoms with Crippen LogP contribution >= 0.6 is 11.3 Å². The van der Waals surface area contributed by atoms with Crippen molar-refractivity contribution in [1.29, 1.82) is 5.26 Å². The van der Waals surface area contributed by atoms with Crippen LogP contribution in [0.2, 0.25) is 0 Å². The fourth-order valence-corrected chi connectivity index (χ4v) is 3.82. The van der Waals surface area contributed by atoms with E-state index in [1.165, 1.54) is 4.88 Å². The van der Waals surface area contributed by atoms with E-state index in [4.69, 9.17) is 4.74 Å². The number of carbonyl (C=O) groups excluding carboxylic acids is 1. The van der Waals surface area contributed by atoms with Crippen LogP contribution in [-0.2, 0) is 17.9 Å². The summed E-state index contributed by atoms with van der Waals surface area (Å²) in [4.78, 5) is 16.0. The Hall–Kier alpha value is -3.14. The number of carbonyl (C=O) groups is 1. The molecule has 0 spiro atoms. The molecule has 0 fully saturated rings. The first kappa shape index (κ1) is 20.6. The molecule has 29 heavy (non-hydrogen) atoms. The maximum atomic E-state index is 12.5. The molecule has 0 radical (unpaired) electrons. The Morgan fingerprint density at radius 1 is 1.10 bits per heavy atom. The van der Waals surface area contributed by atoms with E-state index in [2.05, 4.69) is 27.7 Å². The Labute approximate surface area is 175 Å². The van der Waals surface area contributed by atoms with Gasteiger partial charge in [0.1, 0.15) is 11.8 Å². The maximum absolute atomic E-state index is 12.5. The van der Waals surface area contributed by atoms with Gasteiger partial charge in [-0.25, -0.2) is 0 Å². The molecule has 5 nitrogen and oxygen atoms in total. The van der Waals surface area contributed by atoms with Gasteiger partial charge in [-0.2, -0.15) is 5.26 Å². The summed E-state index contributed by atoms with van der Waals surface area (Å²) >= 11 is 1.70. The number of thiophene rings is 1. The number of hydrogen-bond donors (Lipinski definition) is 1. The third-order valence-electron chi connectivity index (χ3n) is 4.52. The van der Waals surface area contributed by atoms with Gasteiger partial charge in [0.05, 0.1) is 18.4 Å². The quantitative estimate of drug-likeness (QED) is 0.562. The van der Waals surface area contributed by atoms with Gasteiger partial charge in [-0.1, -0.05) is 36.4 Å². The summed E-state index contributed by atoms with van der Waals surface area (Å²) in [6.45, 7) is 2.04. The van der Waals surface area contributed by atoms with Crippen molar-refractivity contribution in [2.24, 2.45) is 0 Å². The number of nitriles is 1. The van der Waals surface area contributed by atoms with Crippen LogP contribution in [0.1, 0.15) is 22.4 Å². The van der Waals surface area contributed by atoms with E-state index in [9.17, 15) is 10.1 Å². The number of para-hydroxylation sites is 2. The topological polar surface area (TPSA) is 65.4 Å². The van der Waals surface area contributed by atoms with Gasteiger partial charge in [0.15, 0.2) is 0 Å². The van der Waals surface area contributed by atoms with Crippen LogP contribution in [0, 0.1) is 11.3 Å². The minimum atomic E-state index is -0.107. The molecule has 1 N–H and O–H groups in total. The van der Waals surface area contributed by atoms with Crippen LogP contribution in [0.15, 0.2) is 66.0 Å². The van der Waals surface area contributed by atoms with Crippen molar-refractivity contribution < 1.29 is 9.53 Å². The number of benzene rings is 2. The van der Waals surface area contributed by atoms with Gasteiger partial charge in [-0.3, -0.25) is 9.69 Å². The summed E-state index contributed by atoms with van der Waals surface area (Å²) in [7, 11) is 1.67. The molecule has 3 aromatic rings. The maximum Gasteiger partial charge on any atom is 0.225 e. The van der Waals surface area contributed by atoms with Gasteiger partial charge in [0.25, 0.3) is 0 Å². The molecule has 3 rings (SSSR count). The fourth-order valence-electron chi connectivity index (χ4n) is 3.07. The lowest BCUT2D eigenvalue weighted by molar-refractivity contribution is -0.116. The Morgan fingerprint density at radius 3 is 2.66 bits per heavy atom. The number of nitrogens with one attached hydrogen (secondary N) is 1. The SMILES string of the molecule is COc1ccccc1CN(CCC(=O)Nc1ccccc1C#N)Cc1cccs1. The average molecular weight is 406 g/mol. The van der Waals surface area contributed by atoms with Crippen molar-refractivity contribution in [3.63, 3.8) is 0 Å².